The fourth-order valence-electron chi connectivity index (χ4n) is 3.41. The number of ether oxygens (including phenoxy) is 1. The van der Waals surface area contributed by atoms with Crippen molar-refractivity contribution in [3.63, 3.8) is 0 Å². The summed E-state index contributed by atoms with van der Waals surface area (Å²) in [4.78, 5) is 17.7. The third-order valence-electron chi connectivity index (χ3n) is 4.91. The minimum atomic E-state index is -4.67. The van der Waals surface area contributed by atoms with E-state index in [1.807, 2.05) is 0 Å². The maximum absolute atomic E-state index is 13.7. The molecule has 32 heavy (non-hydrogen) atoms. The largest absolute Gasteiger partial charge is 0.504 e. The van der Waals surface area contributed by atoms with Gasteiger partial charge in [-0.3, -0.25) is 9.36 Å². The Bertz CT molecular complexity index is 1390. The van der Waals surface area contributed by atoms with Crippen molar-refractivity contribution in [3.8, 4) is 17.2 Å². The first kappa shape index (κ1) is 21.2. The molecule has 4 rings (SSSR count). The van der Waals surface area contributed by atoms with E-state index in [-0.39, 0.29) is 28.4 Å². The number of fused-ring (bicyclic) bond motifs is 1. The molecule has 1 N–H and O–H groups in total. The van der Waals surface area contributed by atoms with Gasteiger partial charge in [-0.05, 0) is 42.5 Å². The van der Waals surface area contributed by atoms with Crippen molar-refractivity contribution in [1.82, 2.24) is 9.55 Å². The molecule has 0 saturated heterocycles. The van der Waals surface area contributed by atoms with Crippen molar-refractivity contribution in [2.75, 3.05) is 7.11 Å². The second-order valence-corrected chi connectivity index (χ2v) is 6.87. The normalized spacial score (nSPS) is 11.9. The van der Waals surface area contributed by atoms with Crippen LogP contribution in [-0.4, -0.2) is 21.8 Å². The van der Waals surface area contributed by atoms with Crippen LogP contribution in [0.1, 0.15) is 17.0 Å². The molecule has 0 fully saturated rings. The van der Waals surface area contributed by atoms with Crippen LogP contribution >= 0.6 is 0 Å². The van der Waals surface area contributed by atoms with Crippen molar-refractivity contribution in [2.24, 2.45) is 0 Å². The third-order valence-corrected chi connectivity index (χ3v) is 4.91. The fraction of sp³-hybridized carbons (Fsp3) is 0.0833. The van der Waals surface area contributed by atoms with E-state index in [0.717, 1.165) is 10.6 Å². The molecule has 0 unspecified atom stereocenters. The van der Waals surface area contributed by atoms with Gasteiger partial charge in [0.15, 0.2) is 11.5 Å². The number of aromatic hydroxyl groups is 1. The number of hydrogen-bond donors (Lipinski definition) is 1. The number of phenolic OH excluding ortho intramolecular Hbond substituents is 1. The number of rotatable bonds is 4. The van der Waals surface area contributed by atoms with Gasteiger partial charge in [-0.2, -0.15) is 13.2 Å². The Kier molecular flexibility index (Phi) is 5.44. The smallest absolute Gasteiger partial charge is 0.418 e. The molecule has 1 heterocycles. The molecule has 5 nitrogen and oxygen atoms in total. The van der Waals surface area contributed by atoms with Crippen molar-refractivity contribution in [3.05, 3.63) is 94.0 Å². The van der Waals surface area contributed by atoms with Crippen LogP contribution in [0.4, 0.5) is 13.2 Å². The molecule has 0 atom stereocenters. The summed E-state index contributed by atoms with van der Waals surface area (Å²) in [6.07, 6.45) is -1.83. The first-order chi connectivity index (χ1) is 15.3. The molecule has 3 aromatic carbocycles. The lowest BCUT2D eigenvalue weighted by Gasteiger charge is -2.17. The lowest BCUT2D eigenvalue weighted by atomic mass is 10.1. The van der Waals surface area contributed by atoms with Gasteiger partial charge in [0.2, 0.25) is 0 Å². The highest BCUT2D eigenvalue weighted by atomic mass is 19.4. The Morgan fingerprint density at radius 3 is 2.44 bits per heavy atom. The van der Waals surface area contributed by atoms with E-state index in [2.05, 4.69) is 4.98 Å². The Morgan fingerprint density at radius 1 is 0.969 bits per heavy atom. The zero-order chi connectivity index (χ0) is 22.9. The van der Waals surface area contributed by atoms with Crippen molar-refractivity contribution in [2.45, 2.75) is 6.18 Å². The van der Waals surface area contributed by atoms with Gasteiger partial charge in [0.05, 0.1) is 29.3 Å². The van der Waals surface area contributed by atoms with Crippen molar-refractivity contribution in [1.29, 1.82) is 0 Å². The van der Waals surface area contributed by atoms with Gasteiger partial charge >= 0.3 is 6.18 Å². The molecule has 0 radical (unpaired) electrons. The van der Waals surface area contributed by atoms with E-state index in [1.165, 1.54) is 43.5 Å². The van der Waals surface area contributed by atoms with Crippen LogP contribution in [-0.2, 0) is 6.18 Å². The van der Waals surface area contributed by atoms with Crippen molar-refractivity contribution < 1.29 is 23.0 Å². The van der Waals surface area contributed by atoms with Crippen LogP contribution in [0.5, 0.6) is 11.5 Å². The van der Waals surface area contributed by atoms with Gasteiger partial charge < -0.3 is 9.84 Å². The zero-order valence-corrected chi connectivity index (χ0v) is 16.8. The number of halogens is 3. The summed E-state index contributed by atoms with van der Waals surface area (Å²) in [6.45, 7) is 0. The number of hydrogen-bond acceptors (Lipinski definition) is 4. The summed E-state index contributed by atoms with van der Waals surface area (Å²) in [6, 6.07) is 16.1. The molecule has 1 aromatic heterocycles. The Hall–Kier alpha value is -4.07. The standard InChI is InChI=1S/C24H17F3N2O3/c1-32-20-12-6-7-15(22(20)30)13-14-21-28-18-10-4-2-8-16(18)23(31)29(21)19-11-5-3-9-17(19)24(25,26)27/h2-14,30H,1H3/b14-13+. The van der Waals surface area contributed by atoms with Gasteiger partial charge in [-0.15, -0.1) is 0 Å². The minimum Gasteiger partial charge on any atom is -0.504 e. The van der Waals surface area contributed by atoms with Gasteiger partial charge in [-0.25, -0.2) is 4.98 Å². The third kappa shape index (κ3) is 3.82. The lowest BCUT2D eigenvalue weighted by molar-refractivity contribution is -0.137. The molecule has 0 aliphatic heterocycles. The first-order valence-corrected chi connectivity index (χ1v) is 9.53. The van der Waals surface area contributed by atoms with Crippen LogP contribution in [0.25, 0.3) is 28.7 Å². The molecule has 0 aliphatic carbocycles. The number of methoxy groups -OCH3 is 1. The summed E-state index contributed by atoms with van der Waals surface area (Å²) in [7, 11) is 1.40. The van der Waals surface area contributed by atoms with Crippen LogP contribution in [0.2, 0.25) is 0 Å². The molecule has 0 aliphatic rings. The second-order valence-electron chi connectivity index (χ2n) is 6.87. The summed E-state index contributed by atoms with van der Waals surface area (Å²) in [5.74, 6) is 0.0719. The zero-order valence-electron chi connectivity index (χ0n) is 16.8. The number of aromatic nitrogens is 2. The Balaban J connectivity index is 2.00. The highest BCUT2D eigenvalue weighted by molar-refractivity contribution is 5.80. The van der Waals surface area contributed by atoms with Gasteiger partial charge in [-0.1, -0.05) is 36.4 Å². The van der Waals surface area contributed by atoms with E-state index < -0.39 is 17.3 Å². The lowest BCUT2D eigenvalue weighted by Crippen LogP contribution is -2.25. The number of benzene rings is 3. The van der Waals surface area contributed by atoms with Crippen LogP contribution < -0.4 is 10.3 Å². The van der Waals surface area contributed by atoms with Crippen molar-refractivity contribution >= 4 is 23.1 Å². The average Bonchev–Trinajstić information content (AvgIpc) is 2.78. The monoisotopic (exact) mass is 438 g/mol. The fourth-order valence-corrected chi connectivity index (χ4v) is 3.41. The Labute approximate surface area is 180 Å². The quantitative estimate of drug-likeness (QED) is 0.470. The summed E-state index contributed by atoms with van der Waals surface area (Å²) < 4.78 is 47.1. The first-order valence-electron chi connectivity index (χ1n) is 9.53. The predicted molar refractivity (Wildman–Crippen MR) is 116 cm³/mol. The molecule has 4 aromatic rings. The van der Waals surface area contributed by atoms with Crippen LogP contribution in [0.15, 0.2) is 71.5 Å². The van der Waals surface area contributed by atoms with E-state index in [4.69, 9.17) is 4.74 Å². The summed E-state index contributed by atoms with van der Waals surface area (Å²) >= 11 is 0. The molecule has 8 heteroatoms. The molecular formula is C24H17F3N2O3. The second kappa shape index (κ2) is 8.22. The topological polar surface area (TPSA) is 64.3 Å². The molecule has 0 spiro atoms. The SMILES string of the molecule is COc1cccc(/C=C/c2nc3ccccc3c(=O)n2-c2ccccc2C(F)(F)F)c1O. The van der Waals surface area contributed by atoms with Gasteiger partial charge in [0, 0.05) is 5.56 Å². The maximum atomic E-state index is 13.7. The number of phenols is 1. The van der Waals surface area contributed by atoms with E-state index in [0.29, 0.717) is 11.1 Å². The molecule has 0 bridgehead atoms. The highest BCUT2D eigenvalue weighted by Crippen LogP contribution is 2.34. The molecule has 0 saturated carbocycles. The Morgan fingerprint density at radius 2 is 1.69 bits per heavy atom. The summed E-state index contributed by atoms with van der Waals surface area (Å²) in [5, 5.41) is 10.5. The number of para-hydroxylation sites is 3. The predicted octanol–water partition coefficient (Wildman–Crippen LogP) is 5.29. The maximum Gasteiger partial charge on any atom is 0.418 e. The van der Waals surface area contributed by atoms with Gasteiger partial charge in [0.25, 0.3) is 5.56 Å². The van der Waals surface area contributed by atoms with E-state index in [1.54, 1.807) is 36.4 Å². The highest BCUT2D eigenvalue weighted by Gasteiger charge is 2.34. The minimum absolute atomic E-state index is 0.0207. The van der Waals surface area contributed by atoms with Gasteiger partial charge in [0.1, 0.15) is 5.82 Å². The molecule has 0 amide bonds. The molecular weight excluding hydrogens is 421 g/mol. The number of nitrogens with zero attached hydrogens (tertiary/aromatic N) is 2. The van der Waals surface area contributed by atoms with E-state index >= 15 is 0 Å². The van der Waals surface area contributed by atoms with Crippen LogP contribution in [0.3, 0.4) is 0 Å². The average molecular weight is 438 g/mol. The number of alkyl halides is 3. The summed E-state index contributed by atoms with van der Waals surface area (Å²) in [5.41, 5.74) is -1.24. The molecule has 162 valence electrons. The van der Waals surface area contributed by atoms with E-state index in [9.17, 15) is 23.1 Å². The van der Waals surface area contributed by atoms with Crippen LogP contribution in [0, 0.1) is 0 Å².